The van der Waals surface area contributed by atoms with E-state index in [1.54, 1.807) is 9.47 Å². The van der Waals surface area contributed by atoms with Crippen LogP contribution in [0.15, 0.2) is 0 Å². The molecule has 0 bridgehead atoms. The Morgan fingerprint density at radius 2 is 1.26 bits per heavy atom. The quantitative estimate of drug-likeness (QED) is 0.241. The number of rotatable bonds is 12. The third-order valence-electron chi connectivity index (χ3n) is 3.39. The Kier molecular flexibility index (Phi) is 16.1. The molecule has 0 saturated carbocycles. The average Bonchev–Trinajstić information content (AvgIpc) is 2.43. The summed E-state index contributed by atoms with van der Waals surface area (Å²) in [7, 11) is 1.74. The second-order valence-electron chi connectivity index (χ2n) is 5.16. The van der Waals surface area contributed by atoms with Crippen LogP contribution >= 0.6 is 21.7 Å². The van der Waals surface area contributed by atoms with E-state index >= 15 is 0 Å². The van der Waals surface area contributed by atoms with E-state index in [0.29, 0.717) is 0 Å². The van der Waals surface area contributed by atoms with Crippen LogP contribution in [0.1, 0.15) is 78.1 Å². The molecule has 4 heteroatoms. The first-order valence-corrected chi connectivity index (χ1v) is 11.5. The van der Waals surface area contributed by atoms with E-state index in [0.717, 1.165) is 4.32 Å². The van der Waals surface area contributed by atoms with E-state index in [1.807, 2.05) is 18.5 Å². The molecule has 0 aromatic carbocycles. The Hall–Kier alpha value is 0.928. The number of nitrogens with zero attached hydrogens (tertiary/aromatic N) is 1. The molecular weight excluding hydrogens is 354 g/mol. The molecule has 19 heavy (non-hydrogen) atoms. The number of hydrogen-bond acceptors (Lipinski definition) is 2. The maximum absolute atomic E-state index is 5.47. The van der Waals surface area contributed by atoms with Gasteiger partial charge in [0.15, 0.2) is 0 Å². The molecule has 0 aromatic heterocycles. The van der Waals surface area contributed by atoms with Crippen LogP contribution in [0.3, 0.4) is 0 Å². The first-order valence-electron chi connectivity index (χ1n) is 7.85. The molecule has 0 aliphatic rings. The predicted octanol–water partition coefficient (Wildman–Crippen LogP) is 5.71. The van der Waals surface area contributed by atoms with Gasteiger partial charge in [-0.25, -0.2) is 0 Å². The average molecular weight is 384 g/mol. The van der Waals surface area contributed by atoms with Crippen LogP contribution in [-0.4, -0.2) is 22.3 Å². The standard InChI is InChI=1S/C15H31NS2.Mo/c1-3-5-7-9-11-13-16(15(17)18)14-12-10-8-6-4-2;/h3-14H2,1-2H3,(H,17,18);/q;+1/p-1. The van der Waals surface area contributed by atoms with E-state index in [9.17, 15) is 0 Å². The summed E-state index contributed by atoms with van der Waals surface area (Å²) in [6.45, 7) is 6.87. The normalized spacial score (nSPS) is 10.6. The second-order valence-corrected chi connectivity index (χ2v) is 7.59. The molecule has 0 unspecified atom stereocenters. The predicted molar refractivity (Wildman–Crippen MR) is 89.3 cm³/mol. The van der Waals surface area contributed by atoms with Gasteiger partial charge in [0.05, 0.1) is 0 Å². The monoisotopic (exact) mass is 386 g/mol. The zero-order valence-corrected chi connectivity index (χ0v) is 16.3. The number of unbranched alkanes of at least 4 members (excludes halogenated alkanes) is 8. The van der Waals surface area contributed by atoms with Crippen LogP contribution < -0.4 is 0 Å². The summed E-state index contributed by atoms with van der Waals surface area (Å²) >= 11 is 7.50. The molecule has 0 fully saturated rings. The van der Waals surface area contributed by atoms with Gasteiger partial charge < -0.3 is 0 Å². The summed E-state index contributed by atoms with van der Waals surface area (Å²) < 4.78 is 1.09. The van der Waals surface area contributed by atoms with Crippen molar-refractivity contribution in [2.45, 2.75) is 78.1 Å². The van der Waals surface area contributed by atoms with Crippen molar-refractivity contribution in [2.24, 2.45) is 0 Å². The molecular formula is C15H30MoNS2. The molecule has 0 rings (SSSR count). The zero-order chi connectivity index (χ0) is 14.3. The van der Waals surface area contributed by atoms with Gasteiger partial charge in [-0.1, -0.05) is 0 Å². The van der Waals surface area contributed by atoms with Crippen LogP contribution in [0, 0.1) is 0 Å². The summed E-state index contributed by atoms with van der Waals surface area (Å²) in [6.07, 6.45) is 13.5. The van der Waals surface area contributed by atoms with E-state index < -0.39 is 0 Å². The summed E-state index contributed by atoms with van der Waals surface area (Å²) in [5, 5.41) is 0. The molecule has 0 spiro atoms. The molecule has 0 amide bonds. The first kappa shape index (κ1) is 19.9. The molecule has 1 nitrogen and oxygen atoms in total. The van der Waals surface area contributed by atoms with Crippen molar-refractivity contribution < 1.29 is 18.5 Å². The molecule has 113 valence electrons. The topological polar surface area (TPSA) is 3.24 Å². The molecule has 0 aliphatic carbocycles. The minimum absolute atomic E-state index is 1.09. The van der Waals surface area contributed by atoms with Crippen LogP contribution in [0.2, 0.25) is 0 Å². The van der Waals surface area contributed by atoms with E-state index in [1.165, 1.54) is 77.3 Å². The third kappa shape index (κ3) is 12.4. The number of hydrogen-bond donors (Lipinski definition) is 0. The molecule has 0 saturated heterocycles. The van der Waals surface area contributed by atoms with Crippen molar-refractivity contribution in [1.82, 2.24) is 4.90 Å². The van der Waals surface area contributed by atoms with Gasteiger partial charge in [0.2, 0.25) is 0 Å². The third-order valence-corrected chi connectivity index (χ3v) is 6.31. The van der Waals surface area contributed by atoms with Crippen molar-refractivity contribution in [1.29, 1.82) is 0 Å². The number of thiocarbonyl (C=S) groups is 1. The Morgan fingerprint density at radius 3 is 1.63 bits per heavy atom. The van der Waals surface area contributed by atoms with Crippen LogP contribution in [-0.2, 0) is 18.5 Å². The Balaban J connectivity index is 3.73. The van der Waals surface area contributed by atoms with Gasteiger partial charge in [-0.05, 0) is 0 Å². The van der Waals surface area contributed by atoms with Gasteiger partial charge >= 0.3 is 141 Å². The van der Waals surface area contributed by atoms with Gasteiger partial charge in [-0.15, -0.1) is 0 Å². The molecule has 0 aliphatic heterocycles. The van der Waals surface area contributed by atoms with Crippen molar-refractivity contribution >= 4 is 26.0 Å². The summed E-state index contributed by atoms with van der Waals surface area (Å²) in [6, 6.07) is 0. The second kappa shape index (κ2) is 15.3. The summed E-state index contributed by atoms with van der Waals surface area (Å²) in [5.74, 6) is 0. The Bertz CT molecular complexity index is 198. The zero-order valence-electron chi connectivity index (χ0n) is 12.7. The fourth-order valence-electron chi connectivity index (χ4n) is 2.16. The fraction of sp³-hybridized carbons (Fsp3) is 0.933. The molecule has 0 aromatic rings. The van der Waals surface area contributed by atoms with Gasteiger partial charge in [0, 0.05) is 0 Å². The van der Waals surface area contributed by atoms with Crippen LogP contribution in [0.25, 0.3) is 0 Å². The van der Waals surface area contributed by atoms with Gasteiger partial charge in [-0.3, -0.25) is 0 Å². The van der Waals surface area contributed by atoms with Gasteiger partial charge in [-0.2, -0.15) is 0 Å². The van der Waals surface area contributed by atoms with E-state index in [2.05, 4.69) is 18.7 Å². The SMILES string of the molecule is CCCCCCCN(CCCCCCC)C(=S)[S][Mo]. The Labute approximate surface area is 140 Å². The van der Waals surface area contributed by atoms with Crippen molar-refractivity contribution in [3.63, 3.8) is 0 Å². The summed E-state index contributed by atoms with van der Waals surface area (Å²) in [4.78, 5) is 2.43. The molecule has 0 N–H and O–H groups in total. The fourth-order valence-corrected chi connectivity index (χ4v) is 3.41. The van der Waals surface area contributed by atoms with Gasteiger partial charge in [0.25, 0.3) is 0 Å². The van der Waals surface area contributed by atoms with Crippen LogP contribution in [0.5, 0.6) is 0 Å². The maximum atomic E-state index is 5.47. The first-order chi connectivity index (χ1) is 9.26. The van der Waals surface area contributed by atoms with Crippen LogP contribution in [0.4, 0.5) is 0 Å². The Morgan fingerprint density at radius 1 is 0.842 bits per heavy atom. The molecule has 0 heterocycles. The van der Waals surface area contributed by atoms with E-state index in [4.69, 9.17) is 12.2 Å². The van der Waals surface area contributed by atoms with Crippen molar-refractivity contribution in [3.8, 4) is 0 Å². The van der Waals surface area contributed by atoms with Crippen molar-refractivity contribution in [3.05, 3.63) is 0 Å². The van der Waals surface area contributed by atoms with Crippen molar-refractivity contribution in [2.75, 3.05) is 13.1 Å². The molecule has 0 atom stereocenters. The molecule has 0 radical (unpaired) electrons. The summed E-state index contributed by atoms with van der Waals surface area (Å²) in [5.41, 5.74) is 0. The van der Waals surface area contributed by atoms with E-state index in [-0.39, 0.29) is 0 Å². The minimum atomic E-state index is 1.09. The van der Waals surface area contributed by atoms with Gasteiger partial charge in [0.1, 0.15) is 0 Å².